The lowest BCUT2D eigenvalue weighted by Gasteiger charge is -2.40. The Morgan fingerprint density at radius 3 is 2.34 bits per heavy atom. The highest BCUT2D eigenvalue weighted by atomic mass is 32.2. The highest BCUT2D eigenvalue weighted by Gasteiger charge is 2.29. The number of likely N-dealkylation sites (N-methyl/N-ethyl adjacent to an activating group) is 1. The molecule has 2 saturated heterocycles. The summed E-state index contributed by atoms with van der Waals surface area (Å²) in [5.41, 5.74) is 5.12. The van der Waals surface area contributed by atoms with Crippen molar-refractivity contribution < 1.29 is 0 Å². The smallest absolute Gasteiger partial charge is 0.0514 e. The van der Waals surface area contributed by atoms with Crippen LogP contribution in [-0.2, 0) is 0 Å². The Morgan fingerprint density at radius 1 is 1.17 bits per heavy atom. The number of allylic oxidation sites excluding steroid dienone is 1. The quantitative estimate of drug-likeness (QED) is 0.420. The van der Waals surface area contributed by atoms with Gasteiger partial charge in [0, 0.05) is 54.6 Å². The van der Waals surface area contributed by atoms with Gasteiger partial charge in [0.15, 0.2) is 0 Å². The maximum Gasteiger partial charge on any atom is 0.0514 e. The number of nitrogens with one attached hydrogen (secondary N) is 1. The third kappa shape index (κ3) is 8.63. The average Bonchev–Trinajstić information content (AvgIpc) is 2.86. The van der Waals surface area contributed by atoms with Gasteiger partial charge in [-0.25, -0.2) is 0 Å². The van der Waals surface area contributed by atoms with Gasteiger partial charge in [0.25, 0.3) is 0 Å². The standard InChI is InChI=1S/C27H45N5S.C2H6/c1-8-22-9-14-28-26(23-10-15-31(16-11-23)20-27(3,4)30(5)6)25(22)19-21(2)29-24-12-17-32(33-7)18-13-24;1-2/h8-9,14,19,23-24,29H,1,10-13,15-18,20H2,2-7H3;1-2H3/b21-19+;. The van der Waals surface area contributed by atoms with Crippen LogP contribution in [0.25, 0.3) is 12.2 Å². The molecule has 2 aliphatic rings. The fraction of sp³-hybridized carbons (Fsp3) is 0.690. The number of likely N-dealkylation sites (tertiary alicyclic amines) is 1. The van der Waals surface area contributed by atoms with E-state index in [2.05, 4.69) is 79.3 Å². The van der Waals surface area contributed by atoms with Crippen LogP contribution < -0.4 is 5.32 Å². The summed E-state index contributed by atoms with van der Waals surface area (Å²) in [6, 6.07) is 2.65. The minimum atomic E-state index is 0.191. The number of rotatable bonds is 9. The number of aromatic nitrogens is 1. The molecule has 0 bridgehead atoms. The minimum absolute atomic E-state index is 0.191. The molecule has 5 nitrogen and oxygen atoms in total. The van der Waals surface area contributed by atoms with Gasteiger partial charge in [-0.3, -0.25) is 9.29 Å². The molecular weight excluding hydrogens is 450 g/mol. The normalized spacial score (nSPS) is 19.4. The fourth-order valence-corrected chi connectivity index (χ4v) is 5.56. The van der Waals surface area contributed by atoms with Gasteiger partial charge in [-0.05, 0) is 97.6 Å². The Bertz CT molecular complexity index is 803. The molecule has 0 unspecified atom stereocenters. The van der Waals surface area contributed by atoms with E-state index < -0.39 is 0 Å². The molecule has 0 radical (unpaired) electrons. The van der Waals surface area contributed by atoms with Crippen molar-refractivity contribution in [3.8, 4) is 0 Å². The molecule has 0 amide bonds. The summed E-state index contributed by atoms with van der Waals surface area (Å²) >= 11 is 1.86. The lowest BCUT2D eigenvalue weighted by molar-refractivity contribution is 0.101. The zero-order chi connectivity index (χ0) is 26.0. The van der Waals surface area contributed by atoms with Crippen LogP contribution in [0.5, 0.6) is 0 Å². The van der Waals surface area contributed by atoms with Crippen molar-refractivity contribution in [2.75, 3.05) is 53.1 Å². The van der Waals surface area contributed by atoms with E-state index >= 15 is 0 Å². The zero-order valence-corrected chi connectivity index (χ0v) is 24.5. The van der Waals surface area contributed by atoms with Gasteiger partial charge in [0.1, 0.15) is 0 Å². The average molecular weight is 502 g/mol. The largest absolute Gasteiger partial charge is 0.386 e. The summed E-state index contributed by atoms with van der Waals surface area (Å²) < 4.78 is 2.46. The molecule has 0 aromatic carbocycles. The molecule has 3 heterocycles. The first-order valence-corrected chi connectivity index (χ1v) is 14.7. The topological polar surface area (TPSA) is 34.6 Å². The van der Waals surface area contributed by atoms with Crippen LogP contribution in [0, 0.1) is 0 Å². The Kier molecular flexibility index (Phi) is 12.3. The third-order valence-electron chi connectivity index (χ3n) is 7.57. The van der Waals surface area contributed by atoms with Crippen molar-refractivity contribution in [3.05, 3.63) is 41.4 Å². The molecule has 35 heavy (non-hydrogen) atoms. The summed E-state index contributed by atoms with van der Waals surface area (Å²) in [6.45, 7) is 20.7. The van der Waals surface area contributed by atoms with Crippen LogP contribution in [0.2, 0.25) is 0 Å². The second-order valence-corrected chi connectivity index (χ2v) is 11.4. The van der Waals surface area contributed by atoms with E-state index in [1.54, 1.807) is 0 Å². The lowest BCUT2D eigenvalue weighted by Crippen LogP contribution is -2.50. The minimum Gasteiger partial charge on any atom is -0.386 e. The Hall–Kier alpha value is -1.34. The zero-order valence-electron chi connectivity index (χ0n) is 23.7. The molecule has 2 fully saturated rings. The van der Waals surface area contributed by atoms with Crippen molar-refractivity contribution in [2.24, 2.45) is 0 Å². The molecule has 3 rings (SSSR count). The predicted molar refractivity (Wildman–Crippen MR) is 157 cm³/mol. The molecule has 0 saturated carbocycles. The predicted octanol–water partition coefficient (Wildman–Crippen LogP) is 5.96. The molecule has 2 aliphatic heterocycles. The molecule has 6 heteroatoms. The van der Waals surface area contributed by atoms with Crippen molar-refractivity contribution >= 4 is 24.1 Å². The van der Waals surface area contributed by atoms with E-state index in [-0.39, 0.29) is 5.54 Å². The van der Waals surface area contributed by atoms with E-state index in [0.29, 0.717) is 12.0 Å². The molecule has 198 valence electrons. The monoisotopic (exact) mass is 501 g/mol. The van der Waals surface area contributed by atoms with Gasteiger partial charge >= 0.3 is 0 Å². The van der Waals surface area contributed by atoms with E-state index in [1.807, 2.05) is 38.1 Å². The summed E-state index contributed by atoms with van der Waals surface area (Å²) in [5.74, 6) is 0.507. The third-order valence-corrected chi connectivity index (χ3v) is 8.46. The van der Waals surface area contributed by atoms with Gasteiger partial charge in [-0.15, -0.1) is 0 Å². The van der Waals surface area contributed by atoms with E-state index in [0.717, 1.165) is 45.6 Å². The van der Waals surface area contributed by atoms with Crippen LogP contribution in [0.4, 0.5) is 0 Å². The second-order valence-electron chi connectivity index (χ2n) is 10.5. The first-order chi connectivity index (χ1) is 16.7. The molecule has 1 aromatic rings. The lowest BCUT2D eigenvalue weighted by atomic mass is 9.87. The maximum atomic E-state index is 4.90. The molecule has 0 aliphatic carbocycles. The Balaban J connectivity index is 0.00000210. The number of pyridine rings is 1. The molecule has 1 aromatic heterocycles. The first kappa shape index (κ1) is 29.9. The van der Waals surface area contributed by atoms with Crippen molar-refractivity contribution in [2.45, 2.75) is 77.8 Å². The summed E-state index contributed by atoms with van der Waals surface area (Å²) in [7, 11) is 4.36. The Labute approximate surface area is 220 Å². The molecular formula is C29H51N5S. The van der Waals surface area contributed by atoms with Crippen molar-refractivity contribution in [1.82, 2.24) is 24.4 Å². The van der Waals surface area contributed by atoms with Crippen LogP contribution >= 0.6 is 11.9 Å². The highest BCUT2D eigenvalue weighted by molar-refractivity contribution is 7.96. The maximum absolute atomic E-state index is 4.90. The molecule has 0 spiro atoms. The van der Waals surface area contributed by atoms with Crippen molar-refractivity contribution in [1.29, 1.82) is 0 Å². The fourth-order valence-electron chi connectivity index (χ4n) is 4.98. The summed E-state index contributed by atoms with van der Waals surface area (Å²) in [5, 5.41) is 3.79. The highest BCUT2D eigenvalue weighted by Crippen LogP contribution is 2.32. The van der Waals surface area contributed by atoms with E-state index in [9.17, 15) is 0 Å². The number of hydrogen-bond donors (Lipinski definition) is 1. The van der Waals surface area contributed by atoms with E-state index in [4.69, 9.17) is 4.98 Å². The number of hydrogen-bond acceptors (Lipinski definition) is 6. The van der Waals surface area contributed by atoms with Gasteiger partial charge in [0.2, 0.25) is 0 Å². The Morgan fingerprint density at radius 2 is 1.80 bits per heavy atom. The second kappa shape index (κ2) is 14.4. The van der Waals surface area contributed by atoms with Crippen LogP contribution in [-0.4, -0.2) is 83.7 Å². The van der Waals surface area contributed by atoms with Gasteiger partial charge < -0.3 is 15.1 Å². The van der Waals surface area contributed by atoms with Crippen LogP contribution in [0.15, 0.2) is 24.5 Å². The number of piperidine rings is 2. The van der Waals surface area contributed by atoms with Crippen molar-refractivity contribution in [3.63, 3.8) is 0 Å². The van der Waals surface area contributed by atoms with Gasteiger partial charge in [-0.2, -0.15) is 0 Å². The van der Waals surface area contributed by atoms with Gasteiger partial charge in [-0.1, -0.05) is 38.5 Å². The summed E-state index contributed by atoms with van der Waals surface area (Å²) in [4.78, 5) is 9.86. The molecule has 1 N–H and O–H groups in total. The van der Waals surface area contributed by atoms with Crippen LogP contribution in [0.3, 0.4) is 0 Å². The molecule has 0 atom stereocenters. The van der Waals surface area contributed by atoms with Gasteiger partial charge in [0.05, 0.1) is 5.69 Å². The number of nitrogens with zero attached hydrogens (tertiary/aromatic N) is 4. The first-order valence-electron chi connectivity index (χ1n) is 13.5. The van der Waals surface area contributed by atoms with E-state index in [1.165, 1.54) is 35.4 Å². The SMILES string of the molecule is C=Cc1ccnc(C2CCN(CC(C)(C)N(C)C)CC2)c1/C=C(\C)NC1CCN(SC)CC1.CC. The van der Waals surface area contributed by atoms with Crippen LogP contribution in [0.1, 0.15) is 83.0 Å². The summed E-state index contributed by atoms with van der Waals surface area (Å²) in [6.07, 6.45) is 13.2.